The molecule has 0 bridgehead atoms. The van der Waals surface area contributed by atoms with Crippen LogP contribution in [0.1, 0.15) is 97.3 Å². The van der Waals surface area contributed by atoms with Crippen molar-refractivity contribution in [1.82, 2.24) is 4.90 Å². The van der Waals surface area contributed by atoms with Gasteiger partial charge in [-0.2, -0.15) is 0 Å². The zero-order chi connectivity index (χ0) is 22.5. The molecule has 5 nitrogen and oxygen atoms in total. The number of nitrogens with zero attached hydrogens (tertiary/aromatic N) is 1. The predicted molar refractivity (Wildman–Crippen MR) is 124 cm³/mol. The van der Waals surface area contributed by atoms with E-state index in [9.17, 15) is 14.4 Å². The highest BCUT2D eigenvalue weighted by Crippen LogP contribution is 2.27. The van der Waals surface area contributed by atoms with Crippen LogP contribution in [0.15, 0.2) is 23.8 Å². The summed E-state index contributed by atoms with van der Waals surface area (Å²) >= 11 is 0. The Morgan fingerprint density at radius 3 is 2.42 bits per heavy atom. The Balaban J connectivity index is 1.75. The summed E-state index contributed by atoms with van der Waals surface area (Å²) in [5.41, 5.74) is 1.35. The summed E-state index contributed by atoms with van der Waals surface area (Å²) in [6.07, 6.45) is 18.6. The highest BCUT2D eigenvalue weighted by atomic mass is 16.5. The van der Waals surface area contributed by atoms with E-state index < -0.39 is 11.9 Å². The third-order valence-electron chi connectivity index (χ3n) is 6.52. The van der Waals surface area contributed by atoms with Gasteiger partial charge in [0.05, 0.1) is 6.61 Å². The Hall–Kier alpha value is -1.91. The third-order valence-corrected chi connectivity index (χ3v) is 6.52. The fraction of sp³-hybridized carbons (Fsp3) is 0.731. The van der Waals surface area contributed by atoms with Crippen LogP contribution in [0.5, 0.6) is 0 Å². The molecule has 1 amide bonds. The second-order valence-corrected chi connectivity index (χ2v) is 8.86. The first-order chi connectivity index (χ1) is 15.1. The normalized spacial score (nSPS) is 20.8. The van der Waals surface area contributed by atoms with Crippen LogP contribution in [-0.4, -0.2) is 41.8 Å². The molecule has 1 aliphatic carbocycles. The number of hydrogen-bond donors (Lipinski definition) is 0. The summed E-state index contributed by atoms with van der Waals surface area (Å²) in [4.78, 5) is 39.7. The minimum Gasteiger partial charge on any atom is -0.464 e. The Bertz CT molecular complexity index is 646. The smallest absolute Gasteiger partial charge is 0.328 e. The molecule has 0 aromatic rings. The van der Waals surface area contributed by atoms with Gasteiger partial charge in [0.2, 0.25) is 5.78 Å². The molecule has 1 aliphatic heterocycles. The molecule has 5 heteroatoms. The van der Waals surface area contributed by atoms with Crippen LogP contribution >= 0.6 is 0 Å². The lowest BCUT2D eigenvalue weighted by Gasteiger charge is -2.34. The van der Waals surface area contributed by atoms with Gasteiger partial charge in [0, 0.05) is 12.5 Å². The first kappa shape index (κ1) is 25.4. The van der Waals surface area contributed by atoms with Gasteiger partial charge in [-0.25, -0.2) is 4.79 Å². The maximum Gasteiger partial charge on any atom is 0.328 e. The van der Waals surface area contributed by atoms with Gasteiger partial charge in [-0.3, -0.25) is 9.59 Å². The second-order valence-electron chi connectivity index (χ2n) is 8.86. The summed E-state index contributed by atoms with van der Waals surface area (Å²) in [7, 11) is 0. The first-order valence-corrected chi connectivity index (χ1v) is 12.4. The van der Waals surface area contributed by atoms with Gasteiger partial charge in [0.1, 0.15) is 6.04 Å². The van der Waals surface area contributed by atoms with Crippen LogP contribution in [0.2, 0.25) is 0 Å². The van der Waals surface area contributed by atoms with Gasteiger partial charge >= 0.3 is 5.97 Å². The van der Waals surface area contributed by atoms with Crippen molar-refractivity contribution in [3.05, 3.63) is 23.8 Å². The fourth-order valence-electron chi connectivity index (χ4n) is 4.57. The lowest BCUT2D eigenvalue weighted by molar-refractivity contribution is -0.160. The summed E-state index contributed by atoms with van der Waals surface area (Å²) in [5.74, 6) is -1.26. The number of ether oxygens (including phenoxy) is 1. The topological polar surface area (TPSA) is 63.7 Å². The molecule has 174 valence electrons. The molecule has 1 atom stereocenters. The number of unbranched alkanes of at least 4 members (excludes halogenated alkanes) is 2. The number of allylic oxidation sites excluding steroid dienone is 4. The number of esters is 1. The number of piperidine rings is 1. The van der Waals surface area contributed by atoms with Crippen LogP contribution in [0, 0.1) is 5.92 Å². The second kappa shape index (κ2) is 14.2. The summed E-state index contributed by atoms with van der Waals surface area (Å²) in [6, 6.07) is -0.595. The zero-order valence-electron chi connectivity index (χ0n) is 19.6. The molecular formula is C26H41NO4. The van der Waals surface area contributed by atoms with Crippen LogP contribution in [0.4, 0.5) is 0 Å². The van der Waals surface area contributed by atoms with E-state index in [1.807, 2.05) is 0 Å². The van der Waals surface area contributed by atoms with Gasteiger partial charge in [-0.05, 0) is 71.1 Å². The number of hydrogen-bond acceptors (Lipinski definition) is 4. The van der Waals surface area contributed by atoms with Crippen molar-refractivity contribution in [2.24, 2.45) is 5.92 Å². The quantitative estimate of drug-likeness (QED) is 0.187. The summed E-state index contributed by atoms with van der Waals surface area (Å²) in [5, 5.41) is 0. The molecule has 2 rings (SSSR count). The number of Topliss-reactive ketones (excluding diaryl/α,β-unsaturated/α-hetero) is 1. The van der Waals surface area contributed by atoms with E-state index in [2.05, 4.69) is 32.1 Å². The van der Waals surface area contributed by atoms with E-state index in [1.54, 1.807) is 0 Å². The largest absolute Gasteiger partial charge is 0.464 e. The zero-order valence-corrected chi connectivity index (χ0v) is 19.6. The number of likely N-dealkylation sites (tertiary alicyclic amines) is 1. The SMILES string of the molecule is C/C=C(\C=C/CC)CCCCCOC(=O)C1CCCCN1C(=O)C(=O)C1CCCCC1. The lowest BCUT2D eigenvalue weighted by atomic mass is 9.85. The van der Waals surface area contributed by atoms with Crippen LogP contribution < -0.4 is 0 Å². The fourth-order valence-corrected chi connectivity index (χ4v) is 4.57. The van der Waals surface area contributed by atoms with E-state index in [-0.39, 0.29) is 17.7 Å². The Morgan fingerprint density at radius 2 is 1.71 bits per heavy atom. The maximum absolute atomic E-state index is 12.9. The molecule has 1 saturated carbocycles. The summed E-state index contributed by atoms with van der Waals surface area (Å²) < 4.78 is 5.51. The Kier molecular flexibility index (Phi) is 11.6. The van der Waals surface area contributed by atoms with E-state index in [4.69, 9.17) is 4.74 Å². The summed E-state index contributed by atoms with van der Waals surface area (Å²) in [6.45, 7) is 5.05. The van der Waals surface area contributed by atoms with E-state index >= 15 is 0 Å². The van der Waals surface area contributed by atoms with Gasteiger partial charge in [-0.1, -0.05) is 50.0 Å². The molecule has 0 N–H and O–H groups in total. The van der Waals surface area contributed by atoms with Crippen LogP contribution in [-0.2, 0) is 19.1 Å². The molecular weight excluding hydrogens is 390 g/mol. The Morgan fingerprint density at radius 1 is 0.968 bits per heavy atom. The average Bonchev–Trinajstić information content (AvgIpc) is 2.82. The lowest BCUT2D eigenvalue weighted by Crippen LogP contribution is -2.52. The average molecular weight is 432 g/mol. The van der Waals surface area contributed by atoms with Crippen LogP contribution in [0.3, 0.4) is 0 Å². The molecule has 1 heterocycles. The van der Waals surface area contributed by atoms with Crippen molar-refractivity contribution in [3.63, 3.8) is 0 Å². The van der Waals surface area contributed by atoms with Crippen molar-refractivity contribution in [2.75, 3.05) is 13.2 Å². The molecule has 1 saturated heterocycles. The Labute approximate surface area is 188 Å². The van der Waals surface area contributed by atoms with Crippen molar-refractivity contribution < 1.29 is 19.1 Å². The van der Waals surface area contributed by atoms with Crippen molar-refractivity contribution >= 4 is 17.7 Å². The molecule has 2 aliphatic rings. The van der Waals surface area contributed by atoms with Crippen molar-refractivity contribution in [1.29, 1.82) is 0 Å². The highest BCUT2D eigenvalue weighted by molar-refractivity contribution is 6.37. The molecule has 0 aromatic carbocycles. The highest BCUT2D eigenvalue weighted by Gasteiger charge is 2.38. The molecule has 1 unspecified atom stereocenters. The number of rotatable bonds is 11. The molecule has 2 fully saturated rings. The minimum atomic E-state index is -0.595. The predicted octanol–water partition coefficient (Wildman–Crippen LogP) is 5.53. The molecule has 0 radical (unpaired) electrons. The number of carbonyl (C=O) groups excluding carboxylic acids is 3. The van der Waals surface area contributed by atoms with Gasteiger partial charge in [0.15, 0.2) is 0 Å². The monoisotopic (exact) mass is 431 g/mol. The minimum absolute atomic E-state index is 0.158. The van der Waals surface area contributed by atoms with E-state index in [0.717, 1.165) is 77.0 Å². The molecule has 0 spiro atoms. The standard InChI is InChI=1S/C26H41NO4/c1-3-5-14-21(4-2)15-8-7-13-20-31-26(30)23-18-11-12-19-27(23)25(29)24(28)22-16-9-6-10-17-22/h4-5,14,22-23H,3,6-13,15-20H2,1-2H3/b14-5-,21-4+. The van der Waals surface area contributed by atoms with Crippen LogP contribution in [0.25, 0.3) is 0 Å². The number of amides is 1. The van der Waals surface area contributed by atoms with Gasteiger partial charge < -0.3 is 9.64 Å². The molecule has 0 aromatic heterocycles. The first-order valence-electron chi connectivity index (χ1n) is 12.4. The van der Waals surface area contributed by atoms with Gasteiger partial charge in [0.25, 0.3) is 5.91 Å². The van der Waals surface area contributed by atoms with Crippen molar-refractivity contribution in [3.8, 4) is 0 Å². The van der Waals surface area contributed by atoms with E-state index in [0.29, 0.717) is 19.6 Å². The number of carbonyl (C=O) groups is 3. The third kappa shape index (κ3) is 8.27. The van der Waals surface area contributed by atoms with E-state index in [1.165, 1.54) is 10.5 Å². The van der Waals surface area contributed by atoms with Gasteiger partial charge in [-0.15, -0.1) is 0 Å². The molecule has 31 heavy (non-hydrogen) atoms. The number of ketones is 1. The maximum atomic E-state index is 12.9. The van der Waals surface area contributed by atoms with Crippen molar-refractivity contribution in [2.45, 2.75) is 103 Å².